The molecule has 0 heterocycles. The number of ether oxygens (including phenoxy) is 1. The topological polar surface area (TPSA) is 70.4 Å². The Hall–Kier alpha value is -1.41. The summed E-state index contributed by atoms with van der Waals surface area (Å²) < 4.78 is 4.76. The summed E-state index contributed by atoms with van der Waals surface area (Å²) in [4.78, 5) is 24.7. The summed E-state index contributed by atoms with van der Waals surface area (Å²) in [5.74, 6) is -0.325. The van der Waals surface area contributed by atoms with Crippen molar-refractivity contribution in [3.63, 3.8) is 0 Å². The van der Waals surface area contributed by atoms with Gasteiger partial charge in [0.1, 0.15) is 5.78 Å². The van der Waals surface area contributed by atoms with Crippen molar-refractivity contribution in [3.05, 3.63) is 0 Å². The first-order valence-electron chi connectivity index (χ1n) is 6.29. The molecule has 5 heteroatoms. The van der Waals surface area contributed by atoms with Gasteiger partial charge in [-0.05, 0) is 20.8 Å². The van der Waals surface area contributed by atoms with Crippen LogP contribution in [0.3, 0.4) is 0 Å². The molecular formula is C13H22N2O3. The number of hydrogen-bond donors (Lipinski definition) is 0. The highest BCUT2D eigenvalue weighted by atomic mass is 16.5. The van der Waals surface area contributed by atoms with E-state index in [1.54, 1.807) is 6.92 Å². The molecule has 0 fully saturated rings. The van der Waals surface area contributed by atoms with Gasteiger partial charge in [-0.25, -0.2) is 0 Å². The number of nitriles is 1. The summed E-state index contributed by atoms with van der Waals surface area (Å²) in [6, 6.07) is 2.28. The van der Waals surface area contributed by atoms with Crippen molar-refractivity contribution in [2.75, 3.05) is 19.7 Å². The highest BCUT2D eigenvalue weighted by Gasteiger charge is 2.14. The number of nitrogens with zero attached hydrogens (tertiary/aromatic N) is 2. The summed E-state index contributed by atoms with van der Waals surface area (Å²) >= 11 is 0. The Morgan fingerprint density at radius 1 is 1.33 bits per heavy atom. The zero-order chi connectivity index (χ0) is 14.0. The van der Waals surface area contributed by atoms with E-state index in [9.17, 15) is 9.59 Å². The van der Waals surface area contributed by atoms with Gasteiger partial charge >= 0.3 is 5.97 Å². The van der Waals surface area contributed by atoms with Crippen molar-refractivity contribution in [1.29, 1.82) is 5.26 Å². The summed E-state index contributed by atoms with van der Waals surface area (Å²) in [5.41, 5.74) is 0. The Bertz CT molecular complexity index is 308. The maximum atomic E-state index is 11.7. The van der Waals surface area contributed by atoms with Gasteiger partial charge in [-0.2, -0.15) is 5.26 Å². The molecule has 0 radical (unpaired) electrons. The number of hydrogen-bond acceptors (Lipinski definition) is 5. The number of esters is 1. The highest BCUT2D eigenvalue weighted by Crippen LogP contribution is 2.03. The van der Waals surface area contributed by atoms with Gasteiger partial charge < -0.3 is 4.74 Å². The lowest BCUT2D eigenvalue weighted by molar-refractivity contribution is -0.144. The number of carbonyl (C=O) groups excluding carboxylic acids is 2. The molecule has 0 atom stereocenters. The normalized spacial score (nSPS) is 10.4. The number of carbonyl (C=O) groups is 2. The molecule has 0 spiro atoms. The molecule has 102 valence electrons. The molecule has 0 unspecified atom stereocenters. The van der Waals surface area contributed by atoms with Gasteiger partial charge in [-0.3, -0.25) is 14.5 Å². The van der Waals surface area contributed by atoms with Crippen LogP contribution in [-0.2, 0) is 14.3 Å². The number of Topliss-reactive ketones (excluding diaryl/α,β-unsaturated/α-hetero) is 1. The van der Waals surface area contributed by atoms with Crippen molar-refractivity contribution >= 4 is 11.8 Å². The molecule has 0 aliphatic heterocycles. The molecule has 0 rings (SSSR count). The van der Waals surface area contributed by atoms with Gasteiger partial charge in [0.2, 0.25) is 0 Å². The lowest BCUT2D eigenvalue weighted by Crippen LogP contribution is -2.36. The molecule has 5 nitrogen and oxygen atoms in total. The second kappa shape index (κ2) is 9.60. The van der Waals surface area contributed by atoms with E-state index in [0.717, 1.165) is 0 Å². The van der Waals surface area contributed by atoms with Crippen LogP contribution in [0, 0.1) is 11.3 Å². The van der Waals surface area contributed by atoms with E-state index in [2.05, 4.69) is 6.07 Å². The van der Waals surface area contributed by atoms with E-state index in [4.69, 9.17) is 10.00 Å². The van der Waals surface area contributed by atoms with E-state index in [0.29, 0.717) is 26.1 Å². The number of ketones is 1. The average molecular weight is 254 g/mol. The fraction of sp³-hybridized carbons (Fsp3) is 0.769. The fourth-order valence-corrected chi connectivity index (χ4v) is 1.49. The maximum Gasteiger partial charge on any atom is 0.306 e. The first kappa shape index (κ1) is 16.6. The van der Waals surface area contributed by atoms with Crippen molar-refractivity contribution in [2.45, 2.75) is 46.1 Å². The summed E-state index contributed by atoms with van der Waals surface area (Å²) in [6.45, 7) is 6.92. The van der Waals surface area contributed by atoms with Crippen LogP contribution in [0.2, 0.25) is 0 Å². The van der Waals surface area contributed by atoms with Crippen molar-refractivity contribution in [1.82, 2.24) is 4.90 Å². The van der Waals surface area contributed by atoms with Crippen LogP contribution in [-0.4, -0.2) is 42.4 Å². The average Bonchev–Trinajstić information content (AvgIpc) is 2.32. The van der Waals surface area contributed by atoms with E-state index >= 15 is 0 Å². The van der Waals surface area contributed by atoms with Crippen LogP contribution >= 0.6 is 0 Å². The standard InChI is InChI=1S/C13H22N2O3/c1-4-18-13(17)7-6-12(16)10-15(11(2)3)9-5-8-14/h11H,4-7,9-10H2,1-3H3. The second-order valence-electron chi connectivity index (χ2n) is 4.32. The minimum Gasteiger partial charge on any atom is -0.466 e. The smallest absolute Gasteiger partial charge is 0.306 e. The van der Waals surface area contributed by atoms with Crippen LogP contribution < -0.4 is 0 Å². The molecule has 0 N–H and O–H groups in total. The zero-order valence-electron chi connectivity index (χ0n) is 11.4. The molecule has 0 saturated heterocycles. The molecule has 0 aromatic carbocycles. The molecule has 18 heavy (non-hydrogen) atoms. The van der Waals surface area contributed by atoms with Crippen LogP contribution in [0.1, 0.15) is 40.0 Å². The van der Waals surface area contributed by atoms with Crippen LogP contribution in [0.4, 0.5) is 0 Å². The minimum absolute atomic E-state index is 0.00897. The maximum absolute atomic E-state index is 11.7. The monoisotopic (exact) mass is 254 g/mol. The molecule has 0 bridgehead atoms. The van der Waals surface area contributed by atoms with E-state index in [1.807, 2.05) is 18.7 Å². The lowest BCUT2D eigenvalue weighted by atomic mass is 10.2. The second-order valence-corrected chi connectivity index (χ2v) is 4.32. The third-order valence-corrected chi connectivity index (χ3v) is 2.53. The van der Waals surface area contributed by atoms with Gasteiger partial charge in [0.15, 0.2) is 0 Å². The highest BCUT2D eigenvalue weighted by molar-refractivity contribution is 5.84. The predicted molar refractivity (Wildman–Crippen MR) is 67.8 cm³/mol. The van der Waals surface area contributed by atoms with Crippen molar-refractivity contribution in [2.24, 2.45) is 0 Å². The Labute approximate surface area is 109 Å². The van der Waals surface area contributed by atoms with Gasteiger partial charge in [-0.15, -0.1) is 0 Å². The van der Waals surface area contributed by atoms with Crippen LogP contribution in [0.25, 0.3) is 0 Å². The predicted octanol–water partition coefficient (Wildman–Crippen LogP) is 1.52. The van der Waals surface area contributed by atoms with E-state index < -0.39 is 0 Å². The van der Waals surface area contributed by atoms with Gasteiger partial charge in [-0.1, -0.05) is 0 Å². The Morgan fingerprint density at radius 3 is 2.50 bits per heavy atom. The molecule has 0 amide bonds. The molecule has 0 aromatic rings. The quantitative estimate of drug-likeness (QED) is 0.583. The Morgan fingerprint density at radius 2 is 2.00 bits per heavy atom. The van der Waals surface area contributed by atoms with Gasteiger partial charge in [0, 0.05) is 25.4 Å². The summed E-state index contributed by atoms with van der Waals surface area (Å²) in [5, 5.41) is 8.54. The minimum atomic E-state index is -0.334. The molecular weight excluding hydrogens is 232 g/mol. The Kier molecular flexibility index (Phi) is 8.85. The first-order chi connectivity index (χ1) is 8.51. The zero-order valence-corrected chi connectivity index (χ0v) is 11.4. The Balaban J connectivity index is 4.02. The van der Waals surface area contributed by atoms with E-state index in [1.165, 1.54) is 0 Å². The van der Waals surface area contributed by atoms with Crippen LogP contribution in [0.5, 0.6) is 0 Å². The summed E-state index contributed by atoms with van der Waals surface area (Å²) in [7, 11) is 0. The SMILES string of the molecule is CCOC(=O)CCC(=O)CN(CCC#N)C(C)C. The molecule has 0 aromatic heterocycles. The fourth-order valence-electron chi connectivity index (χ4n) is 1.49. The van der Waals surface area contributed by atoms with E-state index in [-0.39, 0.29) is 30.6 Å². The number of rotatable bonds is 9. The molecule has 0 saturated carbocycles. The van der Waals surface area contributed by atoms with Crippen LogP contribution in [0.15, 0.2) is 0 Å². The first-order valence-corrected chi connectivity index (χ1v) is 6.29. The van der Waals surface area contributed by atoms with Crippen molar-refractivity contribution in [3.8, 4) is 6.07 Å². The van der Waals surface area contributed by atoms with Crippen molar-refractivity contribution < 1.29 is 14.3 Å². The lowest BCUT2D eigenvalue weighted by Gasteiger charge is -2.24. The molecule has 0 aliphatic carbocycles. The largest absolute Gasteiger partial charge is 0.466 e. The third-order valence-electron chi connectivity index (χ3n) is 2.53. The third kappa shape index (κ3) is 7.80. The van der Waals surface area contributed by atoms with Gasteiger partial charge in [0.25, 0.3) is 0 Å². The molecule has 0 aliphatic rings. The summed E-state index contributed by atoms with van der Waals surface area (Å²) in [6.07, 6.45) is 0.745. The van der Waals surface area contributed by atoms with Gasteiger partial charge in [0.05, 0.1) is 25.6 Å².